The molecule has 4 rings (SSSR count). The molecule has 7 nitrogen and oxygen atoms in total. The molecule has 0 spiro atoms. The van der Waals surface area contributed by atoms with Gasteiger partial charge in [-0.25, -0.2) is 9.78 Å². The fraction of sp³-hybridized carbons (Fsp3) is 0.700. The van der Waals surface area contributed by atoms with Crippen LogP contribution in [0, 0.1) is 0 Å². The van der Waals surface area contributed by atoms with E-state index in [9.17, 15) is 4.79 Å². The summed E-state index contributed by atoms with van der Waals surface area (Å²) in [6.45, 7) is 5.84. The molecule has 1 aliphatic carbocycles. The third-order valence-electron chi connectivity index (χ3n) is 6.14. The summed E-state index contributed by atoms with van der Waals surface area (Å²) < 4.78 is 0. The van der Waals surface area contributed by atoms with E-state index in [4.69, 9.17) is 4.84 Å². The first-order valence-corrected chi connectivity index (χ1v) is 10.4. The van der Waals surface area contributed by atoms with Crippen LogP contribution < -0.4 is 9.80 Å². The van der Waals surface area contributed by atoms with E-state index in [0.717, 1.165) is 69.7 Å². The van der Waals surface area contributed by atoms with Crippen LogP contribution in [-0.2, 0) is 4.84 Å². The van der Waals surface area contributed by atoms with Crippen LogP contribution in [0.3, 0.4) is 0 Å². The lowest BCUT2D eigenvalue weighted by Gasteiger charge is -2.38. The van der Waals surface area contributed by atoms with Crippen LogP contribution in [0.1, 0.15) is 38.5 Å². The molecule has 3 aliphatic rings. The van der Waals surface area contributed by atoms with Crippen molar-refractivity contribution in [2.24, 2.45) is 0 Å². The first-order valence-electron chi connectivity index (χ1n) is 10.4. The Morgan fingerprint density at radius 3 is 2.48 bits per heavy atom. The maximum absolute atomic E-state index is 12.4. The SMILES string of the molecule is CN(C(=O)ON1CCCC1)c1ccnc(N2CCN(C3CCCC3)CC2)c1. The average molecular weight is 374 g/mol. The number of carbonyl (C=O) groups is 1. The Labute approximate surface area is 161 Å². The maximum atomic E-state index is 12.4. The van der Waals surface area contributed by atoms with Crippen molar-refractivity contribution >= 4 is 17.6 Å². The highest BCUT2D eigenvalue weighted by Crippen LogP contribution is 2.26. The van der Waals surface area contributed by atoms with Crippen LogP contribution in [0.15, 0.2) is 18.3 Å². The van der Waals surface area contributed by atoms with Gasteiger partial charge in [0.05, 0.1) is 5.69 Å². The largest absolute Gasteiger partial charge is 0.433 e. The minimum atomic E-state index is -0.333. The summed E-state index contributed by atoms with van der Waals surface area (Å²) in [4.78, 5) is 29.0. The molecule has 1 aromatic rings. The highest BCUT2D eigenvalue weighted by molar-refractivity contribution is 5.87. The van der Waals surface area contributed by atoms with E-state index in [1.165, 1.54) is 25.7 Å². The molecule has 3 heterocycles. The molecule has 0 radical (unpaired) electrons. The zero-order valence-corrected chi connectivity index (χ0v) is 16.3. The fourth-order valence-corrected chi connectivity index (χ4v) is 4.43. The molecule has 0 bridgehead atoms. The second kappa shape index (κ2) is 8.44. The Kier molecular flexibility index (Phi) is 5.78. The summed E-state index contributed by atoms with van der Waals surface area (Å²) in [5, 5.41) is 1.75. The number of amides is 1. The topological polar surface area (TPSA) is 52.2 Å². The van der Waals surface area contributed by atoms with Crippen LogP contribution in [0.2, 0.25) is 0 Å². The lowest BCUT2D eigenvalue weighted by molar-refractivity contribution is -0.0766. The van der Waals surface area contributed by atoms with Gasteiger partial charge in [-0.15, -0.1) is 5.06 Å². The second-order valence-electron chi connectivity index (χ2n) is 7.89. The van der Waals surface area contributed by atoms with E-state index >= 15 is 0 Å². The van der Waals surface area contributed by atoms with E-state index in [2.05, 4.69) is 14.8 Å². The molecule has 2 saturated heterocycles. The van der Waals surface area contributed by atoms with Gasteiger partial charge in [-0.05, 0) is 31.7 Å². The number of hydrogen-bond donors (Lipinski definition) is 0. The smallest absolute Gasteiger partial charge is 0.354 e. The normalized spacial score (nSPS) is 22.3. The van der Waals surface area contributed by atoms with E-state index in [1.54, 1.807) is 23.2 Å². The molecule has 1 amide bonds. The number of anilines is 2. The lowest BCUT2D eigenvalue weighted by Crippen LogP contribution is -2.50. The minimum absolute atomic E-state index is 0.333. The molecule has 3 fully saturated rings. The fourth-order valence-electron chi connectivity index (χ4n) is 4.43. The summed E-state index contributed by atoms with van der Waals surface area (Å²) >= 11 is 0. The summed E-state index contributed by atoms with van der Waals surface area (Å²) in [5.41, 5.74) is 0.822. The van der Waals surface area contributed by atoms with Crippen LogP contribution >= 0.6 is 0 Å². The van der Waals surface area contributed by atoms with Crippen LogP contribution in [-0.4, -0.2) is 73.4 Å². The van der Waals surface area contributed by atoms with Gasteiger partial charge < -0.3 is 9.74 Å². The van der Waals surface area contributed by atoms with Crippen LogP contribution in [0.5, 0.6) is 0 Å². The molecular formula is C20H31N5O2. The molecule has 27 heavy (non-hydrogen) atoms. The number of aromatic nitrogens is 1. The van der Waals surface area contributed by atoms with Crippen molar-refractivity contribution in [2.45, 2.75) is 44.6 Å². The molecule has 1 saturated carbocycles. The van der Waals surface area contributed by atoms with Crippen molar-refractivity contribution in [1.82, 2.24) is 14.9 Å². The van der Waals surface area contributed by atoms with Crippen molar-refractivity contribution in [3.63, 3.8) is 0 Å². The Hall–Kier alpha value is -1.86. The molecule has 0 atom stereocenters. The van der Waals surface area contributed by atoms with Gasteiger partial charge in [-0.1, -0.05) is 12.8 Å². The number of pyridine rings is 1. The number of carbonyl (C=O) groups excluding carboxylic acids is 1. The van der Waals surface area contributed by atoms with Gasteiger partial charge in [-0.3, -0.25) is 9.80 Å². The minimum Gasteiger partial charge on any atom is -0.354 e. The molecule has 0 aromatic carbocycles. The number of hydrogen-bond acceptors (Lipinski definition) is 6. The number of piperazine rings is 1. The van der Waals surface area contributed by atoms with Gasteiger partial charge in [0.15, 0.2) is 0 Å². The van der Waals surface area contributed by atoms with Crippen LogP contribution in [0.4, 0.5) is 16.3 Å². The van der Waals surface area contributed by atoms with Crippen molar-refractivity contribution in [1.29, 1.82) is 0 Å². The molecule has 0 unspecified atom stereocenters. The second-order valence-corrected chi connectivity index (χ2v) is 7.89. The zero-order valence-electron chi connectivity index (χ0n) is 16.3. The number of rotatable bonds is 4. The first kappa shape index (κ1) is 18.5. The van der Waals surface area contributed by atoms with Gasteiger partial charge in [0.1, 0.15) is 5.82 Å². The molecule has 1 aromatic heterocycles. The molecule has 0 N–H and O–H groups in total. The molecule has 7 heteroatoms. The summed E-state index contributed by atoms with van der Waals surface area (Å²) in [5.74, 6) is 0.944. The summed E-state index contributed by atoms with van der Waals surface area (Å²) in [7, 11) is 1.76. The predicted molar refractivity (Wildman–Crippen MR) is 106 cm³/mol. The van der Waals surface area contributed by atoms with Crippen molar-refractivity contribution in [3.05, 3.63) is 18.3 Å². The van der Waals surface area contributed by atoms with Crippen molar-refractivity contribution in [2.75, 3.05) is 56.1 Å². The van der Waals surface area contributed by atoms with E-state index in [0.29, 0.717) is 0 Å². The molecular weight excluding hydrogens is 342 g/mol. The third-order valence-corrected chi connectivity index (χ3v) is 6.14. The highest BCUT2D eigenvalue weighted by Gasteiger charge is 2.27. The van der Waals surface area contributed by atoms with Gasteiger partial charge in [0, 0.05) is 64.6 Å². The average Bonchev–Trinajstić information content (AvgIpc) is 3.42. The molecule has 148 valence electrons. The van der Waals surface area contributed by atoms with Crippen LogP contribution in [0.25, 0.3) is 0 Å². The first-order chi connectivity index (χ1) is 13.2. The van der Waals surface area contributed by atoms with Gasteiger partial charge >= 0.3 is 6.09 Å². The highest BCUT2D eigenvalue weighted by atomic mass is 16.7. The zero-order chi connectivity index (χ0) is 18.6. The van der Waals surface area contributed by atoms with Crippen molar-refractivity contribution in [3.8, 4) is 0 Å². The summed E-state index contributed by atoms with van der Waals surface area (Å²) in [6.07, 6.45) is 9.11. The number of hydroxylamine groups is 2. The Balaban J connectivity index is 1.35. The van der Waals surface area contributed by atoms with E-state index in [1.807, 2.05) is 12.1 Å². The van der Waals surface area contributed by atoms with Gasteiger partial charge in [-0.2, -0.15) is 0 Å². The Morgan fingerprint density at radius 2 is 1.78 bits per heavy atom. The van der Waals surface area contributed by atoms with Gasteiger partial charge in [0.2, 0.25) is 0 Å². The maximum Gasteiger partial charge on any atom is 0.433 e. The predicted octanol–water partition coefficient (Wildman–Crippen LogP) is 2.73. The van der Waals surface area contributed by atoms with Crippen molar-refractivity contribution < 1.29 is 9.63 Å². The Morgan fingerprint density at radius 1 is 1.07 bits per heavy atom. The summed E-state index contributed by atoms with van der Waals surface area (Å²) in [6, 6.07) is 4.65. The van der Waals surface area contributed by atoms with E-state index in [-0.39, 0.29) is 6.09 Å². The third kappa shape index (κ3) is 4.35. The standard InChI is InChI=1S/C20H31N5O2/c1-22(20(26)27-25-10-4-5-11-25)18-8-9-21-19(16-18)24-14-12-23(13-15-24)17-6-2-3-7-17/h8-9,16-17H,2-7,10-15H2,1H3. The monoisotopic (exact) mass is 373 g/mol. The lowest BCUT2D eigenvalue weighted by atomic mass is 10.2. The quantitative estimate of drug-likeness (QED) is 0.809. The Bertz CT molecular complexity index is 635. The number of nitrogens with zero attached hydrogens (tertiary/aromatic N) is 5. The van der Waals surface area contributed by atoms with Gasteiger partial charge in [0.25, 0.3) is 0 Å². The molecule has 2 aliphatic heterocycles. The van der Waals surface area contributed by atoms with E-state index < -0.39 is 0 Å².